The van der Waals surface area contributed by atoms with Gasteiger partial charge < -0.3 is 0 Å². The summed E-state index contributed by atoms with van der Waals surface area (Å²) in [6, 6.07) is 0. The van der Waals surface area contributed by atoms with Crippen molar-refractivity contribution >= 4 is 54.8 Å². The summed E-state index contributed by atoms with van der Waals surface area (Å²) < 4.78 is 4.76. The Kier molecular flexibility index (Phi) is 2.17. The van der Waals surface area contributed by atoms with Crippen LogP contribution in [0.2, 0.25) is 0 Å². The van der Waals surface area contributed by atoms with Crippen molar-refractivity contribution in [2.45, 2.75) is 0 Å². The molecule has 0 bridgehead atoms. The Bertz CT molecular complexity index is 159. The molecular weight excluding hydrogens is 392 g/mol. The predicted octanol–water partition coefficient (Wildman–Crippen LogP) is -0.915. The van der Waals surface area contributed by atoms with Crippen LogP contribution in [-0.2, 0) is 4.79 Å². The molecular formula is C4H2BiOSn. The summed E-state index contributed by atoms with van der Waals surface area (Å²) in [5.74, 6) is 0. The Hall–Kier alpha value is 0.962. The van der Waals surface area contributed by atoms with Gasteiger partial charge in [-0.25, -0.2) is 0 Å². The number of carbonyl (C=O) groups is 1. The molecule has 0 saturated carbocycles. The first kappa shape index (κ1) is 6.09. The van der Waals surface area contributed by atoms with Gasteiger partial charge in [-0.1, -0.05) is 0 Å². The molecule has 0 aliphatic carbocycles. The van der Waals surface area contributed by atoms with Crippen LogP contribution in [0, 0.1) is 0 Å². The SMILES string of the molecule is O=C[C]1=[Bi][CH]=[C]1[Sn]. The Balaban J connectivity index is 2.63. The van der Waals surface area contributed by atoms with Crippen LogP contribution in [0.15, 0.2) is 7.37 Å². The molecule has 0 aromatic heterocycles. The van der Waals surface area contributed by atoms with Crippen molar-refractivity contribution in [3.63, 3.8) is 0 Å². The maximum atomic E-state index is 9.98. The van der Waals surface area contributed by atoms with Gasteiger partial charge in [0.25, 0.3) is 0 Å². The number of hydrogen-bond acceptors (Lipinski definition) is 1. The van der Waals surface area contributed by atoms with E-state index in [1.807, 2.05) is 0 Å². The van der Waals surface area contributed by atoms with Crippen molar-refractivity contribution in [2.75, 3.05) is 0 Å². The normalized spacial score (nSPS) is 16.7. The van der Waals surface area contributed by atoms with E-state index >= 15 is 0 Å². The molecule has 0 amide bonds. The molecule has 0 saturated heterocycles. The molecule has 7 heavy (non-hydrogen) atoms. The summed E-state index contributed by atoms with van der Waals surface area (Å²) in [5, 5.41) is 0. The average Bonchev–Trinajstić information content (AvgIpc) is 1.65. The summed E-state index contributed by atoms with van der Waals surface area (Å²) in [4.78, 5) is 9.98. The van der Waals surface area contributed by atoms with Crippen LogP contribution in [0.5, 0.6) is 0 Å². The first-order valence-electron chi connectivity index (χ1n) is 1.79. The third-order valence-electron chi connectivity index (χ3n) is 0.720. The molecule has 0 fully saturated rings. The molecule has 3 heteroatoms. The quantitative estimate of drug-likeness (QED) is 0.416. The van der Waals surface area contributed by atoms with Crippen molar-refractivity contribution in [1.82, 2.24) is 0 Å². The summed E-state index contributed by atoms with van der Waals surface area (Å²) in [6.07, 6.45) is 1.03. The van der Waals surface area contributed by atoms with Crippen LogP contribution >= 0.6 is 0 Å². The first-order chi connectivity index (χ1) is 3.34. The molecule has 3 radical (unpaired) electrons. The number of aldehydes is 1. The van der Waals surface area contributed by atoms with Crippen LogP contribution in [0.1, 0.15) is 0 Å². The van der Waals surface area contributed by atoms with Gasteiger partial charge >= 0.3 is 66.9 Å². The molecule has 0 unspecified atom stereocenters. The fourth-order valence-corrected chi connectivity index (χ4v) is 5.52. The summed E-state index contributed by atoms with van der Waals surface area (Å²) in [5.41, 5.74) is 0. The van der Waals surface area contributed by atoms with Gasteiger partial charge in [0.05, 0.1) is 0 Å². The van der Waals surface area contributed by atoms with Crippen molar-refractivity contribution < 1.29 is 4.79 Å². The van der Waals surface area contributed by atoms with Crippen LogP contribution in [0.3, 0.4) is 0 Å². The Labute approximate surface area is 66.3 Å². The Morgan fingerprint density at radius 2 is 2.57 bits per heavy atom. The van der Waals surface area contributed by atoms with Gasteiger partial charge in [0, 0.05) is 0 Å². The van der Waals surface area contributed by atoms with E-state index in [4.69, 9.17) is 0 Å². The fourth-order valence-electron chi connectivity index (χ4n) is 0.298. The van der Waals surface area contributed by atoms with Crippen LogP contribution < -0.4 is 0 Å². The fraction of sp³-hybridized carbons (Fsp3) is 0. The topological polar surface area (TPSA) is 17.1 Å². The Morgan fingerprint density at radius 3 is 2.57 bits per heavy atom. The second-order valence-corrected chi connectivity index (χ2v) is 6.59. The third kappa shape index (κ3) is 1.20. The average molecular weight is 394 g/mol. The summed E-state index contributed by atoms with van der Waals surface area (Å²) >= 11 is 0.980. The molecule has 0 aromatic rings. The maximum absolute atomic E-state index is 9.98. The van der Waals surface area contributed by atoms with Crippen LogP contribution in [-0.4, -0.2) is 54.8 Å². The monoisotopic (exact) mass is 395 g/mol. The van der Waals surface area contributed by atoms with Gasteiger partial charge in [-0.05, 0) is 0 Å². The summed E-state index contributed by atoms with van der Waals surface area (Å²) in [7, 11) is 0. The Morgan fingerprint density at radius 1 is 1.86 bits per heavy atom. The van der Waals surface area contributed by atoms with Gasteiger partial charge in [-0.3, -0.25) is 0 Å². The molecule has 1 nitrogen and oxygen atoms in total. The zero-order valence-corrected chi connectivity index (χ0v) is 9.84. The standard InChI is InChI=1S/C4H2O.Bi.Sn/c1-2-3-4-5;;/h1,4H;;. The molecule has 1 heterocycles. The molecule has 1 rings (SSSR count). The van der Waals surface area contributed by atoms with Crippen molar-refractivity contribution in [3.05, 3.63) is 7.37 Å². The molecule has 0 aromatic carbocycles. The third-order valence-corrected chi connectivity index (χ3v) is 11.1. The van der Waals surface area contributed by atoms with E-state index in [2.05, 4.69) is 3.78 Å². The van der Waals surface area contributed by atoms with Gasteiger partial charge in [0.1, 0.15) is 0 Å². The number of hydrogen-bond donors (Lipinski definition) is 0. The first-order valence-corrected chi connectivity index (χ1v) is 6.97. The van der Waals surface area contributed by atoms with Gasteiger partial charge in [-0.2, -0.15) is 0 Å². The summed E-state index contributed by atoms with van der Waals surface area (Å²) in [6.45, 7) is 0. The molecule has 33 valence electrons. The predicted molar refractivity (Wildman–Crippen MR) is 30.7 cm³/mol. The van der Waals surface area contributed by atoms with E-state index in [1.54, 1.807) is 0 Å². The van der Waals surface area contributed by atoms with Gasteiger partial charge in [0.2, 0.25) is 0 Å². The van der Waals surface area contributed by atoms with Crippen LogP contribution in [0.4, 0.5) is 0 Å². The van der Waals surface area contributed by atoms with E-state index in [0.717, 1.165) is 6.29 Å². The second-order valence-electron chi connectivity index (χ2n) is 1.17. The molecule has 0 atom stereocenters. The van der Waals surface area contributed by atoms with Gasteiger partial charge in [-0.15, -0.1) is 0 Å². The van der Waals surface area contributed by atoms with E-state index in [0.29, 0.717) is 0 Å². The van der Waals surface area contributed by atoms with Gasteiger partial charge in [0.15, 0.2) is 0 Å². The number of rotatable bonds is 1. The molecule has 0 N–H and O–H groups in total. The van der Waals surface area contributed by atoms with E-state index in [-0.39, 0.29) is 0 Å². The molecule has 1 aliphatic heterocycles. The zero-order valence-electron chi connectivity index (χ0n) is 3.51. The minimum absolute atomic E-state index is 0.427. The zero-order chi connectivity index (χ0) is 5.28. The van der Waals surface area contributed by atoms with E-state index in [1.165, 1.54) is 29.3 Å². The molecule has 0 spiro atoms. The molecule has 1 aliphatic rings. The van der Waals surface area contributed by atoms with Crippen molar-refractivity contribution in [1.29, 1.82) is 0 Å². The second kappa shape index (κ2) is 2.49. The van der Waals surface area contributed by atoms with Crippen molar-refractivity contribution in [3.8, 4) is 0 Å². The van der Waals surface area contributed by atoms with Crippen molar-refractivity contribution in [2.24, 2.45) is 0 Å². The number of allylic oxidation sites excluding steroid dienone is 1. The van der Waals surface area contributed by atoms with Crippen LogP contribution in [0.25, 0.3) is 0 Å². The van der Waals surface area contributed by atoms with E-state index in [9.17, 15) is 4.79 Å². The minimum atomic E-state index is -0.427. The van der Waals surface area contributed by atoms with E-state index < -0.39 is 22.8 Å². The number of carbonyl (C=O) groups excluding carboxylic acids is 1.